The van der Waals surface area contributed by atoms with E-state index < -0.39 is 0 Å². The van der Waals surface area contributed by atoms with Crippen LogP contribution in [0.1, 0.15) is 24.8 Å². The van der Waals surface area contributed by atoms with Gasteiger partial charge in [0.2, 0.25) is 0 Å². The highest BCUT2D eigenvalue weighted by molar-refractivity contribution is 5.27. The van der Waals surface area contributed by atoms with Gasteiger partial charge < -0.3 is 0 Å². The molecule has 0 unspecified atom stereocenters. The summed E-state index contributed by atoms with van der Waals surface area (Å²) in [5.41, 5.74) is 3.70. The number of allylic oxidation sites excluding steroid dienone is 3. The van der Waals surface area contributed by atoms with Crippen molar-refractivity contribution in [3.63, 3.8) is 0 Å². The Morgan fingerprint density at radius 2 is 1.62 bits per heavy atom. The molecular weight excluding hydrogens is 192 g/mol. The second-order valence-electron chi connectivity index (χ2n) is 4.02. The minimum Gasteiger partial charge on any atom is -0.103 e. The molecule has 0 saturated carbocycles. The minimum absolute atomic E-state index is 0.983. The Balaban J connectivity index is 2.35. The minimum atomic E-state index is 0.983. The van der Waals surface area contributed by atoms with Crippen LogP contribution in [0.4, 0.5) is 0 Å². The topological polar surface area (TPSA) is 0 Å². The van der Waals surface area contributed by atoms with Crippen molar-refractivity contribution in [2.45, 2.75) is 25.7 Å². The predicted molar refractivity (Wildman–Crippen MR) is 72.5 cm³/mol. The monoisotopic (exact) mass is 212 g/mol. The molecule has 0 aromatic heterocycles. The fraction of sp³-hybridized carbons (Fsp3) is 0.250. The SMILES string of the molecule is C=CCCC(=C)C(=C)CCc1ccccc1. The molecule has 0 nitrogen and oxygen atoms in total. The van der Waals surface area contributed by atoms with Crippen LogP contribution in [-0.2, 0) is 6.42 Å². The zero-order chi connectivity index (χ0) is 11.8. The number of hydrogen-bond acceptors (Lipinski definition) is 0. The molecule has 0 atom stereocenters. The summed E-state index contributed by atoms with van der Waals surface area (Å²) in [6, 6.07) is 10.5. The Morgan fingerprint density at radius 1 is 1.00 bits per heavy atom. The van der Waals surface area contributed by atoms with E-state index in [-0.39, 0.29) is 0 Å². The second kappa shape index (κ2) is 6.84. The predicted octanol–water partition coefficient (Wildman–Crippen LogP) is 4.70. The van der Waals surface area contributed by atoms with E-state index in [1.165, 1.54) is 11.1 Å². The van der Waals surface area contributed by atoms with Gasteiger partial charge in [-0.3, -0.25) is 0 Å². The zero-order valence-corrected chi connectivity index (χ0v) is 9.91. The molecule has 0 aliphatic heterocycles. The normalized spacial score (nSPS) is 9.75. The summed E-state index contributed by atoms with van der Waals surface area (Å²) < 4.78 is 0. The quantitative estimate of drug-likeness (QED) is 0.454. The molecule has 0 heterocycles. The van der Waals surface area contributed by atoms with Gasteiger partial charge in [0, 0.05) is 0 Å². The Kier molecular flexibility index (Phi) is 5.35. The maximum Gasteiger partial charge on any atom is -0.0238 e. The highest BCUT2D eigenvalue weighted by Gasteiger charge is 2.00. The van der Waals surface area contributed by atoms with Gasteiger partial charge in [0.05, 0.1) is 0 Å². The van der Waals surface area contributed by atoms with Crippen LogP contribution in [0.3, 0.4) is 0 Å². The fourth-order valence-electron chi connectivity index (χ4n) is 1.57. The average molecular weight is 212 g/mol. The molecule has 0 heteroatoms. The first-order valence-corrected chi connectivity index (χ1v) is 5.74. The molecular formula is C16H20. The smallest absolute Gasteiger partial charge is 0.0238 e. The van der Waals surface area contributed by atoms with Crippen LogP contribution in [0.2, 0.25) is 0 Å². The van der Waals surface area contributed by atoms with Crippen LogP contribution >= 0.6 is 0 Å². The van der Waals surface area contributed by atoms with Crippen molar-refractivity contribution in [2.75, 3.05) is 0 Å². The van der Waals surface area contributed by atoms with Crippen LogP contribution in [0, 0.1) is 0 Å². The molecule has 0 spiro atoms. The van der Waals surface area contributed by atoms with Crippen LogP contribution in [-0.4, -0.2) is 0 Å². The van der Waals surface area contributed by atoms with Crippen molar-refractivity contribution in [2.24, 2.45) is 0 Å². The van der Waals surface area contributed by atoms with Gasteiger partial charge in [-0.15, -0.1) is 6.58 Å². The Morgan fingerprint density at radius 3 is 2.25 bits per heavy atom. The van der Waals surface area contributed by atoms with Crippen LogP contribution in [0.25, 0.3) is 0 Å². The third-order valence-corrected chi connectivity index (χ3v) is 2.71. The van der Waals surface area contributed by atoms with Crippen LogP contribution in [0.15, 0.2) is 67.3 Å². The largest absolute Gasteiger partial charge is 0.103 e. The first-order valence-electron chi connectivity index (χ1n) is 5.74. The van der Waals surface area contributed by atoms with E-state index in [9.17, 15) is 0 Å². The van der Waals surface area contributed by atoms with Gasteiger partial charge in [-0.05, 0) is 31.2 Å². The second-order valence-corrected chi connectivity index (χ2v) is 4.02. The molecule has 16 heavy (non-hydrogen) atoms. The lowest BCUT2D eigenvalue weighted by atomic mass is 9.98. The summed E-state index contributed by atoms with van der Waals surface area (Å²) in [5.74, 6) is 0. The zero-order valence-electron chi connectivity index (χ0n) is 9.91. The molecule has 1 aromatic rings. The summed E-state index contributed by atoms with van der Waals surface area (Å²) in [6.45, 7) is 11.9. The van der Waals surface area contributed by atoms with Crippen LogP contribution < -0.4 is 0 Å². The summed E-state index contributed by atoms with van der Waals surface area (Å²) >= 11 is 0. The number of hydrogen-bond donors (Lipinski definition) is 0. The molecule has 0 aliphatic carbocycles. The van der Waals surface area contributed by atoms with Crippen molar-refractivity contribution >= 4 is 0 Å². The third-order valence-electron chi connectivity index (χ3n) is 2.71. The summed E-state index contributed by atoms with van der Waals surface area (Å²) in [7, 11) is 0. The van der Waals surface area contributed by atoms with E-state index in [2.05, 4.69) is 44.0 Å². The lowest BCUT2D eigenvalue weighted by molar-refractivity contribution is 0.906. The Bertz CT molecular complexity index is 357. The summed E-state index contributed by atoms with van der Waals surface area (Å²) in [4.78, 5) is 0. The Labute approximate surface area is 99.0 Å². The molecule has 0 bridgehead atoms. The number of aryl methyl sites for hydroxylation is 1. The highest BCUT2D eigenvalue weighted by atomic mass is 14.1. The molecule has 0 amide bonds. The maximum atomic E-state index is 4.09. The fourth-order valence-corrected chi connectivity index (χ4v) is 1.57. The number of benzene rings is 1. The van der Waals surface area contributed by atoms with Gasteiger partial charge in [0.25, 0.3) is 0 Å². The molecule has 84 valence electrons. The van der Waals surface area contributed by atoms with Crippen molar-refractivity contribution < 1.29 is 0 Å². The molecule has 0 saturated heterocycles. The summed E-state index contributed by atoms with van der Waals surface area (Å²) in [5, 5.41) is 0. The van der Waals surface area contributed by atoms with Crippen molar-refractivity contribution in [3.05, 3.63) is 72.9 Å². The van der Waals surface area contributed by atoms with Crippen LogP contribution in [0.5, 0.6) is 0 Å². The highest BCUT2D eigenvalue weighted by Crippen LogP contribution is 2.18. The molecule has 1 aromatic carbocycles. The van der Waals surface area contributed by atoms with Gasteiger partial charge in [-0.25, -0.2) is 0 Å². The molecule has 0 radical (unpaired) electrons. The van der Waals surface area contributed by atoms with E-state index in [4.69, 9.17) is 0 Å². The van der Waals surface area contributed by atoms with E-state index in [0.717, 1.165) is 31.3 Å². The van der Waals surface area contributed by atoms with E-state index in [1.54, 1.807) is 0 Å². The van der Waals surface area contributed by atoms with Gasteiger partial charge in [-0.1, -0.05) is 60.7 Å². The standard InChI is InChI=1S/C16H20/c1-4-5-9-14(2)15(3)12-13-16-10-7-6-8-11-16/h4,6-8,10-11H,1-3,5,9,12-13H2. The van der Waals surface area contributed by atoms with Gasteiger partial charge in [-0.2, -0.15) is 0 Å². The third kappa shape index (κ3) is 4.31. The molecule has 0 N–H and O–H groups in total. The lowest BCUT2D eigenvalue weighted by Crippen LogP contribution is -1.91. The van der Waals surface area contributed by atoms with E-state index in [1.807, 2.05) is 12.1 Å². The van der Waals surface area contributed by atoms with Crippen molar-refractivity contribution in [1.82, 2.24) is 0 Å². The van der Waals surface area contributed by atoms with Gasteiger partial charge >= 0.3 is 0 Å². The maximum absolute atomic E-state index is 4.09. The van der Waals surface area contributed by atoms with Gasteiger partial charge in [0.1, 0.15) is 0 Å². The van der Waals surface area contributed by atoms with Gasteiger partial charge in [0.15, 0.2) is 0 Å². The number of rotatable bonds is 7. The summed E-state index contributed by atoms with van der Waals surface area (Å²) in [6.07, 6.45) is 5.95. The molecule has 0 aliphatic rings. The van der Waals surface area contributed by atoms with Crippen molar-refractivity contribution in [3.8, 4) is 0 Å². The Hall–Kier alpha value is -1.56. The first kappa shape index (κ1) is 12.5. The molecule has 1 rings (SSSR count). The van der Waals surface area contributed by atoms with Crippen molar-refractivity contribution in [1.29, 1.82) is 0 Å². The lowest BCUT2D eigenvalue weighted by Gasteiger charge is -2.08. The van der Waals surface area contributed by atoms with E-state index >= 15 is 0 Å². The average Bonchev–Trinajstić information content (AvgIpc) is 2.34. The first-order chi connectivity index (χ1) is 7.74. The van der Waals surface area contributed by atoms with E-state index in [0.29, 0.717) is 0 Å². The molecule has 0 fully saturated rings.